The van der Waals surface area contributed by atoms with E-state index in [0.29, 0.717) is 28.2 Å². The summed E-state index contributed by atoms with van der Waals surface area (Å²) in [4.78, 5) is 16.6. The number of benzene rings is 2. The Kier molecular flexibility index (Phi) is 6.29. The molecule has 180 valence electrons. The molecule has 0 spiro atoms. The lowest BCUT2D eigenvalue weighted by molar-refractivity contribution is 0.149. The summed E-state index contributed by atoms with van der Waals surface area (Å²) in [7, 11) is 0. The van der Waals surface area contributed by atoms with Gasteiger partial charge in [-0.15, -0.1) is 0 Å². The number of anilines is 2. The van der Waals surface area contributed by atoms with Crippen molar-refractivity contribution in [2.24, 2.45) is 0 Å². The monoisotopic (exact) mass is 501 g/mol. The molecule has 1 fully saturated rings. The number of halogens is 4. The number of nitrogens with one attached hydrogen (secondary N) is 1. The highest BCUT2D eigenvalue weighted by molar-refractivity contribution is 6.31. The number of alkyl halides is 2. The molecule has 4 aromatic rings. The molecule has 0 saturated heterocycles. The predicted molar refractivity (Wildman–Crippen MR) is 124 cm³/mol. The maximum absolute atomic E-state index is 14.5. The smallest absolute Gasteiger partial charge is 0.266 e. The van der Waals surface area contributed by atoms with Gasteiger partial charge in [0, 0.05) is 23.8 Å². The first-order valence-electron chi connectivity index (χ1n) is 10.8. The minimum absolute atomic E-state index is 0.0239. The summed E-state index contributed by atoms with van der Waals surface area (Å²) in [6.07, 6.45) is 2.10. The number of hydrogen-bond donors (Lipinski definition) is 1. The standard InChI is InChI=1S/C24H19ClF3N5O2/c1-12(23-29-9-13(10-30-23)22(27)28)34-19-7-15-18(8-20(19)35-14-5-6-14)31-11-32-24(15)33-17-4-2-3-16(25)21(17)26/h2-4,7-12,14,22H,5-6H2,1H3,(H,31,32,33). The van der Waals surface area contributed by atoms with Crippen LogP contribution in [0.5, 0.6) is 11.5 Å². The quantitative estimate of drug-likeness (QED) is 0.292. The lowest BCUT2D eigenvalue weighted by Gasteiger charge is -2.18. The fourth-order valence-corrected chi connectivity index (χ4v) is 3.53. The molecule has 1 aliphatic rings. The highest BCUT2D eigenvalue weighted by Gasteiger charge is 2.26. The third kappa shape index (κ3) is 5.07. The molecule has 2 aromatic heterocycles. The van der Waals surface area contributed by atoms with E-state index in [1.807, 2.05) is 0 Å². The van der Waals surface area contributed by atoms with E-state index in [1.54, 1.807) is 31.2 Å². The third-order valence-electron chi connectivity index (χ3n) is 5.33. The number of hydrogen-bond acceptors (Lipinski definition) is 7. The van der Waals surface area contributed by atoms with Crippen LogP contribution < -0.4 is 14.8 Å². The number of ether oxygens (including phenoxy) is 2. The van der Waals surface area contributed by atoms with Gasteiger partial charge in [-0.3, -0.25) is 0 Å². The molecule has 1 N–H and O–H groups in total. The molecule has 11 heteroatoms. The van der Waals surface area contributed by atoms with Gasteiger partial charge in [0.15, 0.2) is 29.2 Å². The summed E-state index contributed by atoms with van der Waals surface area (Å²) < 4.78 is 52.3. The van der Waals surface area contributed by atoms with Crippen LogP contribution in [0.4, 0.5) is 24.7 Å². The molecule has 0 radical (unpaired) electrons. The minimum Gasteiger partial charge on any atom is -0.486 e. The van der Waals surface area contributed by atoms with Crippen LogP contribution in [-0.4, -0.2) is 26.0 Å². The topological polar surface area (TPSA) is 82.0 Å². The van der Waals surface area contributed by atoms with Crippen LogP contribution in [0.1, 0.15) is 43.7 Å². The van der Waals surface area contributed by atoms with E-state index < -0.39 is 18.3 Å². The van der Waals surface area contributed by atoms with Crippen molar-refractivity contribution in [1.29, 1.82) is 0 Å². The van der Waals surface area contributed by atoms with E-state index in [9.17, 15) is 13.2 Å². The molecule has 1 saturated carbocycles. The van der Waals surface area contributed by atoms with Gasteiger partial charge < -0.3 is 14.8 Å². The van der Waals surface area contributed by atoms with Crippen molar-refractivity contribution in [2.75, 3.05) is 5.32 Å². The van der Waals surface area contributed by atoms with Crippen LogP contribution in [0.25, 0.3) is 10.9 Å². The zero-order valence-corrected chi connectivity index (χ0v) is 19.1. The predicted octanol–water partition coefficient (Wildman–Crippen LogP) is 6.57. The van der Waals surface area contributed by atoms with Crippen LogP contribution in [0.15, 0.2) is 49.1 Å². The highest BCUT2D eigenvalue weighted by atomic mass is 35.5. The maximum atomic E-state index is 14.5. The largest absolute Gasteiger partial charge is 0.486 e. The molecule has 1 aliphatic carbocycles. The third-order valence-corrected chi connectivity index (χ3v) is 5.63. The Bertz CT molecular complexity index is 1370. The first-order chi connectivity index (χ1) is 16.9. The van der Waals surface area contributed by atoms with Gasteiger partial charge in [-0.05, 0) is 38.0 Å². The Morgan fingerprint density at radius 3 is 2.54 bits per heavy atom. The van der Waals surface area contributed by atoms with Crippen LogP contribution >= 0.6 is 11.6 Å². The second-order valence-electron chi connectivity index (χ2n) is 8.02. The van der Waals surface area contributed by atoms with Gasteiger partial charge in [0.1, 0.15) is 12.1 Å². The van der Waals surface area contributed by atoms with Crippen molar-refractivity contribution in [2.45, 2.75) is 38.4 Å². The van der Waals surface area contributed by atoms with Gasteiger partial charge in [-0.2, -0.15) is 0 Å². The Labute approximate surface area is 203 Å². The lowest BCUT2D eigenvalue weighted by Crippen LogP contribution is -2.10. The van der Waals surface area contributed by atoms with Gasteiger partial charge >= 0.3 is 0 Å². The summed E-state index contributed by atoms with van der Waals surface area (Å²) in [6.45, 7) is 1.70. The van der Waals surface area contributed by atoms with Gasteiger partial charge in [-0.1, -0.05) is 17.7 Å². The molecule has 1 atom stereocenters. The highest BCUT2D eigenvalue weighted by Crippen LogP contribution is 2.40. The van der Waals surface area contributed by atoms with Crippen LogP contribution in [0.2, 0.25) is 5.02 Å². The fourth-order valence-electron chi connectivity index (χ4n) is 3.35. The van der Waals surface area contributed by atoms with Crippen LogP contribution in [0, 0.1) is 5.82 Å². The van der Waals surface area contributed by atoms with Crippen LogP contribution in [0.3, 0.4) is 0 Å². The van der Waals surface area contributed by atoms with E-state index in [4.69, 9.17) is 21.1 Å². The average molecular weight is 502 g/mol. The molecular weight excluding hydrogens is 483 g/mol. The first kappa shape index (κ1) is 23.1. The average Bonchev–Trinajstić information content (AvgIpc) is 3.67. The maximum Gasteiger partial charge on any atom is 0.266 e. The second kappa shape index (κ2) is 9.53. The Morgan fingerprint density at radius 2 is 1.83 bits per heavy atom. The van der Waals surface area contributed by atoms with Gasteiger partial charge in [0.05, 0.1) is 27.9 Å². The van der Waals surface area contributed by atoms with E-state index in [-0.39, 0.29) is 28.2 Å². The molecule has 35 heavy (non-hydrogen) atoms. The first-order valence-corrected chi connectivity index (χ1v) is 11.2. The van der Waals surface area contributed by atoms with Crippen molar-refractivity contribution in [3.8, 4) is 11.5 Å². The Hall–Kier alpha value is -3.66. The number of rotatable bonds is 8. The number of aromatic nitrogens is 4. The Morgan fingerprint density at radius 1 is 1.06 bits per heavy atom. The normalized spacial score (nSPS) is 14.2. The van der Waals surface area contributed by atoms with Gasteiger partial charge in [-0.25, -0.2) is 33.1 Å². The van der Waals surface area contributed by atoms with Crippen molar-refractivity contribution < 1.29 is 22.6 Å². The molecule has 2 aromatic carbocycles. The van der Waals surface area contributed by atoms with Crippen LogP contribution in [-0.2, 0) is 0 Å². The summed E-state index contributed by atoms with van der Waals surface area (Å²) in [5, 5.41) is 3.48. The van der Waals surface area contributed by atoms with E-state index in [0.717, 1.165) is 25.2 Å². The van der Waals surface area contributed by atoms with Gasteiger partial charge in [0.2, 0.25) is 0 Å². The molecular formula is C24H19ClF3N5O2. The zero-order chi connectivity index (χ0) is 24.5. The van der Waals surface area contributed by atoms with Crippen molar-refractivity contribution in [3.63, 3.8) is 0 Å². The number of fused-ring (bicyclic) bond motifs is 1. The molecule has 0 amide bonds. The molecule has 2 heterocycles. The van der Waals surface area contributed by atoms with Crippen molar-refractivity contribution in [3.05, 3.63) is 71.3 Å². The van der Waals surface area contributed by atoms with Crippen molar-refractivity contribution >= 4 is 34.0 Å². The van der Waals surface area contributed by atoms with Gasteiger partial charge in [0.25, 0.3) is 6.43 Å². The van der Waals surface area contributed by atoms with E-state index in [1.165, 1.54) is 12.4 Å². The zero-order valence-electron chi connectivity index (χ0n) is 18.4. The van der Waals surface area contributed by atoms with E-state index >= 15 is 0 Å². The summed E-state index contributed by atoms with van der Waals surface area (Å²) >= 11 is 5.90. The van der Waals surface area contributed by atoms with Crippen molar-refractivity contribution in [1.82, 2.24) is 19.9 Å². The molecule has 5 rings (SSSR count). The lowest BCUT2D eigenvalue weighted by atomic mass is 10.2. The second-order valence-corrected chi connectivity index (χ2v) is 8.42. The SMILES string of the molecule is CC(Oc1cc2c(Nc3cccc(Cl)c3F)ncnc2cc1OC1CC1)c1ncc(C(F)F)cn1. The summed E-state index contributed by atoms with van der Waals surface area (Å²) in [6, 6.07) is 8.01. The summed E-state index contributed by atoms with van der Waals surface area (Å²) in [5.74, 6) is 0.793. The molecule has 0 bridgehead atoms. The van der Waals surface area contributed by atoms with E-state index in [2.05, 4.69) is 25.3 Å². The molecule has 0 aliphatic heterocycles. The molecule has 1 unspecified atom stereocenters. The molecule has 7 nitrogen and oxygen atoms in total. The fraction of sp³-hybridized carbons (Fsp3) is 0.250. The minimum atomic E-state index is -2.66. The summed E-state index contributed by atoms with van der Waals surface area (Å²) in [5.41, 5.74) is 0.433. The Balaban J connectivity index is 1.50. The number of nitrogens with zero attached hydrogens (tertiary/aromatic N) is 4.